The first-order chi connectivity index (χ1) is 9.96. The zero-order valence-electron chi connectivity index (χ0n) is 12.7. The van der Waals surface area contributed by atoms with Gasteiger partial charge in [-0.15, -0.1) is 0 Å². The van der Waals surface area contributed by atoms with E-state index >= 15 is 0 Å². The first-order valence-corrected chi connectivity index (χ1v) is 9.36. The second-order valence-electron chi connectivity index (χ2n) is 6.07. The van der Waals surface area contributed by atoms with Gasteiger partial charge in [-0.2, -0.15) is 17.0 Å². The Kier molecular flexibility index (Phi) is 5.62. The highest BCUT2D eigenvalue weighted by atomic mass is 32.2. The summed E-state index contributed by atoms with van der Waals surface area (Å²) >= 11 is 0. The maximum Gasteiger partial charge on any atom is 0.307 e. The molecule has 0 saturated carbocycles. The van der Waals surface area contributed by atoms with E-state index in [9.17, 15) is 13.2 Å². The molecule has 6 nitrogen and oxygen atoms in total. The van der Waals surface area contributed by atoms with E-state index in [1.54, 1.807) is 4.31 Å². The van der Waals surface area contributed by atoms with Crippen LogP contribution < -0.4 is 0 Å². The first kappa shape index (κ1) is 16.7. The Hall–Kier alpha value is -0.660. The number of piperidine rings is 1. The van der Waals surface area contributed by atoms with Crippen molar-refractivity contribution in [3.63, 3.8) is 0 Å². The molecular formula is C14H26N2O4S. The van der Waals surface area contributed by atoms with Crippen molar-refractivity contribution in [2.24, 2.45) is 5.92 Å². The average molecular weight is 318 g/mol. The van der Waals surface area contributed by atoms with Gasteiger partial charge in [0.15, 0.2) is 0 Å². The zero-order valence-corrected chi connectivity index (χ0v) is 13.5. The van der Waals surface area contributed by atoms with Gasteiger partial charge >= 0.3 is 5.97 Å². The molecule has 2 rings (SSSR count). The number of carboxylic acid groups (broad SMARTS) is 1. The molecule has 0 aromatic rings. The van der Waals surface area contributed by atoms with Crippen LogP contribution in [0.2, 0.25) is 0 Å². The van der Waals surface area contributed by atoms with Crippen LogP contribution in [0.25, 0.3) is 0 Å². The van der Waals surface area contributed by atoms with Gasteiger partial charge in [0.25, 0.3) is 10.2 Å². The molecule has 7 heteroatoms. The largest absolute Gasteiger partial charge is 0.481 e. The highest BCUT2D eigenvalue weighted by Gasteiger charge is 2.38. The van der Waals surface area contributed by atoms with Crippen molar-refractivity contribution in [2.75, 3.05) is 19.6 Å². The number of carbonyl (C=O) groups is 1. The summed E-state index contributed by atoms with van der Waals surface area (Å²) < 4.78 is 28.8. The number of hydrogen-bond acceptors (Lipinski definition) is 3. The average Bonchev–Trinajstić information content (AvgIpc) is 2.73. The summed E-state index contributed by atoms with van der Waals surface area (Å²) in [5.41, 5.74) is 0. The Morgan fingerprint density at radius 3 is 2.57 bits per heavy atom. The number of hydrogen-bond donors (Lipinski definition) is 1. The SMILES string of the molecule is CCC1CCCCCN1S(=O)(=O)N1CCCC(C(=O)O)C1. The van der Waals surface area contributed by atoms with Crippen molar-refractivity contribution in [2.45, 2.75) is 57.9 Å². The molecule has 2 atom stereocenters. The topological polar surface area (TPSA) is 77.9 Å². The zero-order chi connectivity index (χ0) is 15.5. The molecule has 0 spiro atoms. The van der Waals surface area contributed by atoms with Gasteiger partial charge in [-0.3, -0.25) is 4.79 Å². The predicted octanol–water partition coefficient (Wildman–Crippen LogP) is 1.68. The predicted molar refractivity (Wildman–Crippen MR) is 80.1 cm³/mol. The molecule has 2 aliphatic rings. The third-order valence-electron chi connectivity index (χ3n) is 4.65. The van der Waals surface area contributed by atoms with Crippen LogP contribution in [0.1, 0.15) is 51.9 Å². The first-order valence-electron chi connectivity index (χ1n) is 7.96. The highest BCUT2D eigenvalue weighted by Crippen LogP contribution is 2.27. The van der Waals surface area contributed by atoms with E-state index in [1.165, 1.54) is 4.31 Å². The molecule has 2 aliphatic heterocycles. The lowest BCUT2D eigenvalue weighted by molar-refractivity contribution is -0.142. The lowest BCUT2D eigenvalue weighted by Crippen LogP contribution is -2.52. The van der Waals surface area contributed by atoms with E-state index in [-0.39, 0.29) is 12.6 Å². The van der Waals surface area contributed by atoms with Crippen LogP contribution in [0.3, 0.4) is 0 Å². The monoisotopic (exact) mass is 318 g/mol. The summed E-state index contributed by atoms with van der Waals surface area (Å²) in [5, 5.41) is 9.14. The normalized spacial score (nSPS) is 30.0. The van der Waals surface area contributed by atoms with Crippen LogP contribution in [0.5, 0.6) is 0 Å². The van der Waals surface area contributed by atoms with Crippen LogP contribution in [-0.2, 0) is 15.0 Å². The maximum atomic E-state index is 12.9. The van der Waals surface area contributed by atoms with Crippen LogP contribution in [-0.4, -0.2) is 53.8 Å². The van der Waals surface area contributed by atoms with Gasteiger partial charge in [0.1, 0.15) is 0 Å². The Morgan fingerprint density at radius 2 is 1.90 bits per heavy atom. The second kappa shape index (κ2) is 7.07. The number of aliphatic carboxylic acids is 1. The molecule has 0 aromatic heterocycles. The number of nitrogens with zero attached hydrogens (tertiary/aromatic N) is 2. The van der Waals surface area contributed by atoms with Crippen molar-refractivity contribution in [1.82, 2.24) is 8.61 Å². The van der Waals surface area contributed by atoms with Gasteiger partial charge < -0.3 is 5.11 Å². The quantitative estimate of drug-likeness (QED) is 0.855. The van der Waals surface area contributed by atoms with E-state index in [1.807, 2.05) is 6.92 Å². The van der Waals surface area contributed by atoms with Gasteiger partial charge in [0, 0.05) is 25.7 Å². The molecular weight excluding hydrogens is 292 g/mol. The van der Waals surface area contributed by atoms with Crippen LogP contribution in [0.4, 0.5) is 0 Å². The standard InChI is InChI=1S/C14H26N2O4S/c1-2-13-8-4-3-5-10-16(13)21(19,20)15-9-6-7-12(11-15)14(17)18/h12-13H,2-11H2,1H3,(H,17,18). The summed E-state index contributed by atoms with van der Waals surface area (Å²) in [5.74, 6) is -1.46. The lowest BCUT2D eigenvalue weighted by Gasteiger charge is -2.36. The Bertz CT molecular complexity index is 466. The van der Waals surface area contributed by atoms with Gasteiger partial charge in [-0.05, 0) is 32.1 Å². The molecule has 21 heavy (non-hydrogen) atoms. The van der Waals surface area contributed by atoms with E-state index in [2.05, 4.69) is 0 Å². The van der Waals surface area contributed by atoms with E-state index in [0.29, 0.717) is 25.9 Å². The van der Waals surface area contributed by atoms with Crippen molar-refractivity contribution < 1.29 is 18.3 Å². The van der Waals surface area contributed by atoms with Gasteiger partial charge in [0.2, 0.25) is 0 Å². The Balaban J connectivity index is 2.16. The third-order valence-corrected chi connectivity index (χ3v) is 6.71. The molecule has 0 amide bonds. The van der Waals surface area contributed by atoms with Crippen molar-refractivity contribution in [3.8, 4) is 0 Å². The second-order valence-corrected chi connectivity index (χ2v) is 7.95. The fraction of sp³-hybridized carbons (Fsp3) is 0.929. The molecule has 2 saturated heterocycles. The Morgan fingerprint density at radius 1 is 1.14 bits per heavy atom. The molecule has 2 heterocycles. The molecule has 0 aromatic carbocycles. The number of rotatable bonds is 4. The highest BCUT2D eigenvalue weighted by molar-refractivity contribution is 7.86. The Labute approximate surface area is 127 Å². The summed E-state index contributed by atoms with van der Waals surface area (Å²) in [6, 6.07) is 0.0581. The smallest absolute Gasteiger partial charge is 0.307 e. The molecule has 0 aliphatic carbocycles. The molecule has 2 unspecified atom stereocenters. The van der Waals surface area contributed by atoms with Gasteiger partial charge in [0.05, 0.1) is 5.92 Å². The van der Waals surface area contributed by atoms with Gasteiger partial charge in [-0.25, -0.2) is 0 Å². The van der Waals surface area contributed by atoms with Crippen LogP contribution in [0.15, 0.2) is 0 Å². The maximum absolute atomic E-state index is 12.9. The van der Waals surface area contributed by atoms with Crippen molar-refractivity contribution in [1.29, 1.82) is 0 Å². The minimum atomic E-state index is -3.53. The third kappa shape index (κ3) is 3.76. The summed E-state index contributed by atoms with van der Waals surface area (Å²) in [6.07, 6.45) is 5.95. The van der Waals surface area contributed by atoms with Crippen molar-refractivity contribution >= 4 is 16.2 Å². The summed E-state index contributed by atoms with van der Waals surface area (Å²) in [6.45, 7) is 3.15. The molecule has 122 valence electrons. The lowest BCUT2D eigenvalue weighted by atomic mass is 10.0. The van der Waals surface area contributed by atoms with Gasteiger partial charge in [-0.1, -0.05) is 19.8 Å². The van der Waals surface area contributed by atoms with E-state index in [0.717, 1.165) is 32.1 Å². The minimum absolute atomic E-state index is 0.0581. The summed E-state index contributed by atoms with van der Waals surface area (Å²) in [7, 11) is -3.53. The molecule has 1 N–H and O–H groups in total. The number of carboxylic acids is 1. The van der Waals surface area contributed by atoms with Crippen LogP contribution in [0, 0.1) is 5.92 Å². The van der Waals surface area contributed by atoms with E-state index < -0.39 is 22.1 Å². The minimum Gasteiger partial charge on any atom is -0.481 e. The van der Waals surface area contributed by atoms with E-state index in [4.69, 9.17) is 5.11 Å². The van der Waals surface area contributed by atoms with Crippen molar-refractivity contribution in [3.05, 3.63) is 0 Å². The molecule has 0 bridgehead atoms. The fourth-order valence-corrected chi connectivity index (χ4v) is 5.38. The fourth-order valence-electron chi connectivity index (χ4n) is 3.36. The summed E-state index contributed by atoms with van der Waals surface area (Å²) in [4.78, 5) is 11.1. The molecule has 0 radical (unpaired) electrons. The van der Waals surface area contributed by atoms with Crippen LogP contribution >= 0.6 is 0 Å². The molecule has 2 fully saturated rings.